The van der Waals surface area contributed by atoms with Crippen LogP contribution in [0.25, 0.3) is 0 Å². The monoisotopic (exact) mass is 301 g/mol. The Bertz CT molecular complexity index is 543. The van der Waals surface area contributed by atoms with Crippen LogP contribution in [0.15, 0.2) is 18.2 Å². The van der Waals surface area contributed by atoms with Crippen molar-refractivity contribution in [3.05, 3.63) is 33.8 Å². The molecule has 0 aromatic heterocycles. The molecule has 1 aromatic rings. The first-order chi connectivity index (χ1) is 8.84. The molecule has 1 aliphatic rings. The molecule has 1 aliphatic carbocycles. The first kappa shape index (κ1) is 14.2. The minimum Gasteiger partial charge on any atom is -0.480 e. The molecule has 4 nitrogen and oxygen atoms in total. The Balaban J connectivity index is 2.20. The number of hydrogen-bond donors (Lipinski definition) is 2. The van der Waals surface area contributed by atoms with E-state index in [1.165, 1.54) is 25.1 Å². The minimum atomic E-state index is -1.23. The number of nitrogens with one attached hydrogen (secondary N) is 1. The summed E-state index contributed by atoms with van der Waals surface area (Å²) in [5.74, 6) is -1.50. The predicted octanol–water partition coefficient (Wildman–Crippen LogP) is 2.98. The van der Waals surface area contributed by atoms with Crippen molar-refractivity contribution >= 4 is 35.1 Å². The summed E-state index contributed by atoms with van der Waals surface area (Å²) in [6.07, 6.45) is 1.62. The lowest BCUT2D eigenvalue weighted by Crippen LogP contribution is -2.54. The van der Waals surface area contributed by atoms with Gasteiger partial charge in [0.1, 0.15) is 5.54 Å². The summed E-state index contributed by atoms with van der Waals surface area (Å²) < 4.78 is 0. The van der Waals surface area contributed by atoms with E-state index in [-0.39, 0.29) is 10.9 Å². The number of aliphatic carboxylic acids is 1. The van der Waals surface area contributed by atoms with Crippen LogP contribution in [0, 0.1) is 5.92 Å². The summed E-state index contributed by atoms with van der Waals surface area (Å²) in [6.45, 7) is 1.53. The normalized spacial score (nSPS) is 17.6. The number of benzene rings is 1. The van der Waals surface area contributed by atoms with Gasteiger partial charge in [-0.15, -0.1) is 0 Å². The summed E-state index contributed by atoms with van der Waals surface area (Å²) >= 11 is 11.6. The number of carbonyl (C=O) groups is 2. The smallest absolute Gasteiger partial charge is 0.329 e. The van der Waals surface area contributed by atoms with Crippen molar-refractivity contribution in [3.8, 4) is 0 Å². The van der Waals surface area contributed by atoms with Gasteiger partial charge in [-0.25, -0.2) is 4.79 Å². The third-order valence-corrected chi connectivity index (χ3v) is 4.13. The Morgan fingerprint density at radius 1 is 1.32 bits per heavy atom. The highest BCUT2D eigenvalue weighted by atomic mass is 35.5. The Labute approximate surface area is 120 Å². The summed E-state index contributed by atoms with van der Waals surface area (Å²) in [6, 6.07) is 4.45. The van der Waals surface area contributed by atoms with Crippen LogP contribution < -0.4 is 5.32 Å². The molecule has 0 radical (unpaired) electrons. The van der Waals surface area contributed by atoms with Crippen molar-refractivity contribution in [3.63, 3.8) is 0 Å². The van der Waals surface area contributed by atoms with E-state index in [9.17, 15) is 14.7 Å². The van der Waals surface area contributed by atoms with Gasteiger partial charge >= 0.3 is 5.97 Å². The summed E-state index contributed by atoms with van der Waals surface area (Å²) in [5.41, 5.74) is -0.939. The van der Waals surface area contributed by atoms with Crippen LogP contribution in [0.1, 0.15) is 30.1 Å². The van der Waals surface area contributed by atoms with Gasteiger partial charge in [0.05, 0.1) is 10.0 Å². The third-order valence-electron chi connectivity index (χ3n) is 3.39. The fourth-order valence-electron chi connectivity index (χ4n) is 1.94. The van der Waals surface area contributed by atoms with Gasteiger partial charge in [-0.3, -0.25) is 4.79 Å². The second-order valence-corrected chi connectivity index (χ2v) is 5.68. The zero-order valence-electron chi connectivity index (χ0n) is 10.2. The van der Waals surface area contributed by atoms with Crippen molar-refractivity contribution < 1.29 is 14.7 Å². The van der Waals surface area contributed by atoms with E-state index in [4.69, 9.17) is 23.2 Å². The molecule has 1 atom stereocenters. The molecule has 6 heteroatoms. The maximum atomic E-state index is 12.1. The lowest BCUT2D eigenvalue weighted by atomic mass is 9.95. The molecular formula is C13H13Cl2NO3. The number of carboxylic acid groups (broad SMARTS) is 1. The average molecular weight is 302 g/mol. The Kier molecular flexibility index (Phi) is 3.74. The molecule has 0 bridgehead atoms. The molecule has 2 rings (SSSR count). The summed E-state index contributed by atoms with van der Waals surface area (Å²) in [5, 5.41) is 12.5. The van der Waals surface area contributed by atoms with Gasteiger partial charge in [0.25, 0.3) is 5.91 Å². The van der Waals surface area contributed by atoms with Gasteiger partial charge in [0.2, 0.25) is 0 Å². The van der Waals surface area contributed by atoms with Crippen molar-refractivity contribution in [1.29, 1.82) is 0 Å². The molecule has 1 fully saturated rings. The van der Waals surface area contributed by atoms with E-state index in [0.29, 0.717) is 10.6 Å². The third kappa shape index (κ3) is 2.85. The Morgan fingerprint density at radius 3 is 2.42 bits per heavy atom. The molecule has 102 valence electrons. The zero-order valence-corrected chi connectivity index (χ0v) is 11.8. The molecule has 19 heavy (non-hydrogen) atoms. The van der Waals surface area contributed by atoms with Crippen LogP contribution in [0.4, 0.5) is 0 Å². The first-order valence-electron chi connectivity index (χ1n) is 5.85. The quantitative estimate of drug-likeness (QED) is 0.898. The lowest BCUT2D eigenvalue weighted by Gasteiger charge is -2.26. The van der Waals surface area contributed by atoms with Crippen LogP contribution >= 0.6 is 23.2 Å². The fraction of sp³-hybridized carbons (Fsp3) is 0.385. The van der Waals surface area contributed by atoms with Crippen molar-refractivity contribution in [2.24, 2.45) is 5.92 Å². The van der Waals surface area contributed by atoms with E-state index in [0.717, 1.165) is 12.8 Å². The van der Waals surface area contributed by atoms with Crippen molar-refractivity contribution in [2.75, 3.05) is 0 Å². The fourth-order valence-corrected chi connectivity index (χ4v) is 2.23. The second-order valence-electron chi connectivity index (χ2n) is 4.86. The maximum absolute atomic E-state index is 12.1. The topological polar surface area (TPSA) is 66.4 Å². The molecule has 0 spiro atoms. The van der Waals surface area contributed by atoms with E-state index in [1.54, 1.807) is 0 Å². The highest BCUT2D eigenvalue weighted by Gasteiger charge is 2.48. The van der Waals surface area contributed by atoms with E-state index >= 15 is 0 Å². The van der Waals surface area contributed by atoms with Gasteiger partial charge in [-0.2, -0.15) is 0 Å². The lowest BCUT2D eigenvalue weighted by molar-refractivity contribution is -0.144. The van der Waals surface area contributed by atoms with Crippen LogP contribution in [0.3, 0.4) is 0 Å². The predicted molar refractivity (Wildman–Crippen MR) is 72.7 cm³/mol. The second kappa shape index (κ2) is 5.02. The van der Waals surface area contributed by atoms with Gasteiger partial charge in [0, 0.05) is 5.56 Å². The number of carboxylic acids is 1. The molecule has 1 amide bonds. The summed E-state index contributed by atoms with van der Waals surface area (Å²) in [4.78, 5) is 23.4. The number of rotatable bonds is 4. The highest BCUT2D eigenvalue weighted by molar-refractivity contribution is 6.42. The van der Waals surface area contributed by atoms with E-state index < -0.39 is 17.4 Å². The molecule has 2 N–H and O–H groups in total. The van der Waals surface area contributed by atoms with Crippen LogP contribution in [-0.2, 0) is 4.79 Å². The van der Waals surface area contributed by atoms with Crippen LogP contribution in [-0.4, -0.2) is 22.5 Å². The Morgan fingerprint density at radius 2 is 1.95 bits per heavy atom. The van der Waals surface area contributed by atoms with Crippen molar-refractivity contribution in [2.45, 2.75) is 25.3 Å². The van der Waals surface area contributed by atoms with Gasteiger partial charge in [0.15, 0.2) is 0 Å². The molecule has 0 aliphatic heterocycles. The van der Waals surface area contributed by atoms with Crippen LogP contribution in [0.2, 0.25) is 10.0 Å². The van der Waals surface area contributed by atoms with Crippen LogP contribution in [0.5, 0.6) is 0 Å². The Hall–Kier alpha value is -1.26. The van der Waals surface area contributed by atoms with E-state index in [2.05, 4.69) is 5.32 Å². The number of carbonyl (C=O) groups excluding carboxylic acids is 1. The first-order valence-corrected chi connectivity index (χ1v) is 6.61. The van der Waals surface area contributed by atoms with Crippen molar-refractivity contribution in [1.82, 2.24) is 5.32 Å². The minimum absolute atomic E-state index is 0.0169. The molecule has 0 heterocycles. The molecule has 1 saturated carbocycles. The molecule has 1 unspecified atom stereocenters. The molecule has 1 aromatic carbocycles. The number of hydrogen-bond acceptors (Lipinski definition) is 2. The zero-order chi connectivity index (χ0) is 14.2. The molecule has 0 saturated heterocycles. The number of halogens is 2. The number of amides is 1. The average Bonchev–Trinajstić information content (AvgIpc) is 3.16. The summed E-state index contributed by atoms with van der Waals surface area (Å²) in [7, 11) is 0. The molecular weight excluding hydrogens is 289 g/mol. The van der Waals surface area contributed by atoms with E-state index in [1.807, 2.05) is 0 Å². The standard InChI is InChI=1S/C13H13Cl2NO3/c1-13(12(18)19,8-3-4-8)16-11(17)7-2-5-9(14)10(15)6-7/h2,5-6,8H,3-4H2,1H3,(H,16,17)(H,18,19). The SMILES string of the molecule is CC(NC(=O)c1ccc(Cl)c(Cl)c1)(C(=O)O)C1CC1. The maximum Gasteiger partial charge on any atom is 0.329 e. The highest BCUT2D eigenvalue weighted by Crippen LogP contribution is 2.40. The van der Waals surface area contributed by atoms with Gasteiger partial charge in [-0.05, 0) is 43.9 Å². The van der Waals surface area contributed by atoms with Gasteiger partial charge in [-0.1, -0.05) is 23.2 Å². The van der Waals surface area contributed by atoms with Gasteiger partial charge < -0.3 is 10.4 Å². The largest absolute Gasteiger partial charge is 0.480 e.